The van der Waals surface area contributed by atoms with Gasteiger partial charge < -0.3 is 15.0 Å². The van der Waals surface area contributed by atoms with Crippen LogP contribution in [0.2, 0.25) is 0 Å². The van der Waals surface area contributed by atoms with Gasteiger partial charge in [-0.3, -0.25) is 14.3 Å². The summed E-state index contributed by atoms with van der Waals surface area (Å²) in [6.45, 7) is 0.773. The first kappa shape index (κ1) is 18.5. The number of anilines is 1. The number of carbonyl (C=O) groups excluding carboxylic acids is 2. The number of aromatic nitrogens is 2. The van der Waals surface area contributed by atoms with E-state index in [-0.39, 0.29) is 30.3 Å². The van der Waals surface area contributed by atoms with Crippen LogP contribution in [-0.4, -0.2) is 40.8 Å². The van der Waals surface area contributed by atoms with Crippen molar-refractivity contribution in [3.63, 3.8) is 0 Å². The first-order valence-electron chi connectivity index (χ1n) is 9.12. The summed E-state index contributed by atoms with van der Waals surface area (Å²) < 4.78 is 34.1. The lowest BCUT2D eigenvalue weighted by atomic mass is 10.0. The third-order valence-electron chi connectivity index (χ3n) is 5.31. The number of hydrogen-bond donors (Lipinski definition) is 1. The highest BCUT2D eigenvalue weighted by Gasteiger charge is 2.40. The van der Waals surface area contributed by atoms with Crippen LogP contribution in [0.3, 0.4) is 0 Å². The van der Waals surface area contributed by atoms with E-state index >= 15 is 0 Å². The molecule has 2 aromatic rings. The summed E-state index contributed by atoms with van der Waals surface area (Å²) in [5, 5.41) is 7.05. The van der Waals surface area contributed by atoms with Crippen molar-refractivity contribution < 1.29 is 23.1 Å². The van der Waals surface area contributed by atoms with Gasteiger partial charge in [-0.05, 0) is 31.0 Å². The van der Waals surface area contributed by atoms with E-state index in [1.807, 2.05) is 6.07 Å². The molecule has 7 nitrogen and oxygen atoms in total. The minimum absolute atomic E-state index is 0.246. The zero-order valence-corrected chi connectivity index (χ0v) is 15.3. The van der Waals surface area contributed by atoms with E-state index in [0.717, 1.165) is 17.8 Å². The SMILES string of the molecule is Cn1nccc1[C@H]1OCC[C@@H]1NC(=O)C1CCN(c2ccc(F)c(F)c2)C1=O. The topological polar surface area (TPSA) is 76.5 Å². The van der Waals surface area contributed by atoms with Gasteiger partial charge in [-0.2, -0.15) is 5.10 Å². The maximum Gasteiger partial charge on any atom is 0.239 e. The van der Waals surface area contributed by atoms with Crippen LogP contribution in [0.25, 0.3) is 0 Å². The highest BCUT2D eigenvalue weighted by atomic mass is 19.2. The second-order valence-corrected chi connectivity index (χ2v) is 7.00. The number of benzene rings is 1. The maximum absolute atomic E-state index is 13.5. The summed E-state index contributed by atoms with van der Waals surface area (Å²) in [6, 6.07) is 4.85. The molecule has 148 valence electrons. The Morgan fingerprint density at radius 2 is 2.07 bits per heavy atom. The summed E-state index contributed by atoms with van der Waals surface area (Å²) in [4.78, 5) is 26.7. The van der Waals surface area contributed by atoms with Crippen molar-refractivity contribution in [3.8, 4) is 0 Å². The Kier molecular flexibility index (Phi) is 4.84. The van der Waals surface area contributed by atoms with Crippen LogP contribution in [-0.2, 0) is 21.4 Å². The number of nitrogens with one attached hydrogen (secondary N) is 1. The van der Waals surface area contributed by atoms with E-state index in [9.17, 15) is 18.4 Å². The molecule has 0 saturated carbocycles. The maximum atomic E-state index is 13.5. The van der Waals surface area contributed by atoms with Crippen molar-refractivity contribution in [1.29, 1.82) is 0 Å². The third kappa shape index (κ3) is 3.26. The van der Waals surface area contributed by atoms with Crippen molar-refractivity contribution in [1.82, 2.24) is 15.1 Å². The first-order chi connectivity index (χ1) is 13.5. The predicted octanol–water partition coefficient (Wildman–Crippen LogP) is 1.70. The highest BCUT2D eigenvalue weighted by Crippen LogP contribution is 2.30. The van der Waals surface area contributed by atoms with Gasteiger partial charge in [0.25, 0.3) is 0 Å². The van der Waals surface area contributed by atoms with Crippen LogP contribution in [0, 0.1) is 17.6 Å². The smallest absolute Gasteiger partial charge is 0.239 e. The molecule has 0 spiro atoms. The second kappa shape index (κ2) is 7.31. The minimum atomic E-state index is -1.03. The summed E-state index contributed by atoms with van der Waals surface area (Å²) >= 11 is 0. The molecule has 1 unspecified atom stereocenters. The van der Waals surface area contributed by atoms with E-state index in [1.54, 1.807) is 17.9 Å². The molecule has 2 aliphatic rings. The molecule has 1 N–H and O–H groups in total. The molecule has 2 saturated heterocycles. The van der Waals surface area contributed by atoms with Crippen LogP contribution >= 0.6 is 0 Å². The number of ether oxygens (including phenoxy) is 1. The van der Waals surface area contributed by atoms with Gasteiger partial charge in [0.05, 0.1) is 11.7 Å². The number of carbonyl (C=O) groups is 2. The molecule has 2 fully saturated rings. The average molecular weight is 390 g/mol. The number of amides is 2. The van der Waals surface area contributed by atoms with Crippen LogP contribution in [0.1, 0.15) is 24.6 Å². The Morgan fingerprint density at radius 3 is 2.79 bits per heavy atom. The lowest BCUT2D eigenvalue weighted by Gasteiger charge is -2.22. The van der Waals surface area contributed by atoms with Gasteiger partial charge in [0.2, 0.25) is 11.8 Å². The molecule has 0 aliphatic carbocycles. The zero-order chi connectivity index (χ0) is 19.8. The number of nitrogens with zero attached hydrogens (tertiary/aromatic N) is 3. The van der Waals surface area contributed by atoms with E-state index < -0.39 is 23.5 Å². The molecule has 2 amide bonds. The molecule has 1 aromatic carbocycles. The van der Waals surface area contributed by atoms with Crippen molar-refractivity contribution >= 4 is 17.5 Å². The summed E-state index contributed by atoms with van der Waals surface area (Å²) in [7, 11) is 1.80. The van der Waals surface area contributed by atoms with Gasteiger partial charge in [-0.25, -0.2) is 8.78 Å². The number of aryl methyl sites for hydroxylation is 1. The summed E-state index contributed by atoms with van der Waals surface area (Å²) in [5.74, 6) is -3.66. The van der Waals surface area contributed by atoms with Gasteiger partial charge in [0.15, 0.2) is 11.6 Å². The van der Waals surface area contributed by atoms with Crippen molar-refractivity contribution in [2.24, 2.45) is 13.0 Å². The standard InChI is InChI=1S/C19H20F2N4O3/c1-24-16(4-7-22-24)17-15(6-9-28-17)23-18(26)12-5-8-25(19(12)27)11-2-3-13(20)14(21)10-11/h2-4,7,10,12,15,17H,5-6,8-9H2,1H3,(H,23,26)/t12?,15-,17-/m0/s1. The molecule has 9 heteroatoms. The molecule has 0 radical (unpaired) electrons. The van der Waals surface area contributed by atoms with Gasteiger partial charge in [0, 0.05) is 38.1 Å². The Hall–Kier alpha value is -2.81. The average Bonchev–Trinajstić information content (AvgIpc) is 3.37. The fourth-order valence-corrected chi connectivity index (χ4v) is 3.81. The molecule has 4 rings (SSSR count). The first-order valence-corrected chi connectivity index (χ1v) is 9.12. The fourth-order valence-electron chi connectivity index (χ4n) is 3.81. The Bertz CT molecular complexity index is 916. The van der Waals surface area contributed by atoms with Crippen LogP contribution < -0.4 is 10.2 Å². The quantitative estimate of drug-likeness (QED) is 0.807. The molecular formula is C19H20F2N4O3. The van der Waals surface area contributed by atoms with Gasteiger partial charge >= 0.3 is 0 Å². The van der Waals surface area contributed by atoms with Crippen molar-refractivity contribution in [2.45, 2.75) is 25.0 Å². The van der Waals surface area contributed by atoms with Crippen molar-refractivity contribution in [3.05, 3.63) is 47.8 Å². The monoisotopic (exact) mass is 390 g/mol. The lowest BCUT2D eigenvalue weighted by molar-refractivity contribution is -0.132. The number of halogens is 2. The van der Waals surface area contributed by atoms with E-state index in [1.165, 1.54) is 11.0 Å². The minimum Gasteiger partial charge on any atom is -0.370 e. The number of hydrogen-bond acceptors (Lipinski definition) is 4. The predicted molar refractivity (Wildman–Crippen MR) is 95.3 cm³/mol. The van der Waals surface area contributed by atoms with Crippen LogP contribution in [0.15, 0.2) is 30.5 Å². The Morgan fingerprint density at radius 1 is 1.25 bits per heavy atom. The fraction of sp³-hybridized carbons (Fsp3) is 0.421. The Balaban J connectivity index is 1.44. The molecule has 0 bridgehead atoms. The molecule has 28 heavy (non-hydrogen) atoms. The molecule has 1 aromatic heterocycles. The highest BCUT2D eigenvalue weighted by molar-refractivity contribution is 6.09. The lowest BCUT2D eigenvalue weighted by Crippen LogP contribution is -2.43. The van der Waals surface area contributed by atoms with Gasteiger partial charge in [0.1, 0.15) is 12.0 Å². The third-order valence-corrected chi connectivity index (χ3v) is 5.31. The largest absolute Gasteiger partial charge is 0.370 e. The van der Waals surface area contributed by atoms with Crippen LogP contribution in [0.4, 0.5) is 14.5 Å². The molecule has 3 atom stereocenters. The summed E-state index contributed by atoms with van der Waals surface area (Å²) in [5.41, 5.74) is 1.10. The Labute approximate surface area is 160 Å². The second-order valence-electron chi connectivity index (χ2n) is 7.00. The summed E-state index contributed by atoms with van der Waals surface area (Å²) in [6.07, 6.45) is 2.29. The van der Waals surface area contributed by atoms with Crippen LogP contribution in [0.5, 0.6) is 0 Å². The van der Waals surface area contributed by atoms with Crippen molar-refractivity contribution in [2.75, 3.05) is 18.1 Å². The molecule has 2 aliphatic heterocycles. The van der Waals surface area contributed by atoms with E-state index in [2.05, 4.69) is 10.4 Å². The normalized spacial score (nSPS) is 24.8. The van der Waals surface area contributed by atoms with E-state index in [0.29, 0.717) is 19.4 Å². The van der Waals surface area contributed by atoms with Gasteiger partial charge in [-0.1, -0.05) is 0 Å². The molecular weight excluding hydrogens is 370 g/mol. The van der Waals surface area contributed by atoms with Gasteiger partial charge in [-0.15, -0.1) is 0 Å². The molecule has 3 heterocycles. The van der Waals surface area contributed by atoms with E-state index in [4.69, 9.17) is 4.74 Å². The number of rotatable bonds is 4. The zero-order valence-electron chi connectivity index (χ0n) is 15.3.